The zero-order valence-corrected chi connectivity index (χ0v) is 17.3. The minimum absolute atomic E-state index is 0.00346. The van der Waals surface area contributed by atoms with Gasteiger partial charge in [0.2, 0.25) is 5.91 Å². The summed E-state index contributed by atoms with van der Waals surface area (Å²) in [5.74, 6) is 0.0876. The van der Waals surface area contributed by atoms with Gasteiger partial charge in [0.05, 0.1) is 0 Å². The SMILES string of the molecule is CC(C)NC(=O)C(C)N(CCc1ccccc1)C(=O)COc1cccc(Cl)c1. The number of hydrogen-bond donors (Lipinski definition) is 1. The molecule has 150 valence electrons. The lowest BCUT2D eigenvalue weighted by atomic mass is 10.1. The van der Waals surface area contributed by atoms with Crippen LogP contribution in [-0.4, -0.2) is 41.9 Å². The number of benzene rings is 2. The van der Waals surface area contributed by atoms with Crippen LogP contribution in [0.5, 0.6) is 5.75 Å². The molecule has 0 aromatic heterocycles. The van der Waals surface area contributed by atoms with Crippen molar-refractivity contribution < 1.29 is 14.3 Å². The average Bonchev–Trinajstić information content (AvgIpc) is 2.66. The van der Waals surface area contributed by atoms with Gasteiger partial charge in [-0.2, -0.15) is 0 Å². The average molecular weight is 403 g/mol. The standard InChI is InChI=1S/C22H27ClN2O3/c1-16(2)24-22(27)17(3)25(13-12-18-8-5-4-6-9-18)21(26)15-28-20-11-7-10-19(23)14-20/h4-11,14,16-17H,12-13,15H2,1-3H3,(H,24,27). The van der Waals surface area contributed by atoms with Crippen LogP contribution in [0.25, 0.3) is 0 Å². The number of amides is 2. The van der Waals surface area contributed by atoms with Gasteiger partial charge in [-0.05, 0) is 51.0 Å². The molecule has 2 aromatic carbocycles. The molecule has 2 amide bonds. The summed E-state index contributed by atoms with van der Waals surface area (Å²) in [6.07, 6.45) is 0.656. The van der Waals surface area contributed by atoms with Crippen LogP contribution in [0.3, 0.4) is 0 Å². The Kier molecular flexibility index (Phi) is 8.33. The fraction of sp³-hybridized carbons (Fsp3) is 0.364. The maximum Gasteiger partial charge on any atom is 0.261 e. The fourth-order valence-electron chi connectivity index (χ4n) is 2.76. The molecule has 0 aliphatic carbocycles. The number of nitrogens with one attached hydrogen (secondary N) is 1. The molecule has 1 N–H and O–H groups in total. The van der Waals surface area contributed by atoms with Crippen LogP contribution in [0.1, 0.15) is 26.3 Å². The summed E-state index contributed by atoms with van der Waals surface area (Å²) < 4.78 is 5.59. The lowest BCUT2D eigenvalue weighted by Gasteiger charge is -2.29. The second-order valence-corrected chi connectivity index (χ2v) is 7.34. The van der Waals surface area contributed by atoms with Crippen molar-refractivity contribution in [2.75, 3.05) is 13.2 Å². The predicted molar refractivity (Wildman–Crippen MR) is 112 cm³/mol. The Morgan fingerprint density at radius 3 is 2.43 bits per heavy atom. The van der Waals surface area contributed by atoms with Crippen LogP contribution in [-0.2, 0) is 16.0 Å². The first-order chi connectivity index (χ1) is 13.4. The molecular formula is C22H27ClN2O3. The highest BCUT2D eigenvalue weighted by molar-refractivity contribution is 6.30. The van der Waals surface area contributed by atoms with Crippen molar-refractivity contribution in [1.29, 1.82) is 0 Å². The number of hydrogen-bond acceptors (Lipinski definition) is 3. The van der Waals surface area contributed by atoms with Gasteiger partial charge in [-0.15, -0.1) is 0 Å². The van der Waals surface area contributed by atoms with Crippen molar-refractivity contribution in [3.63, 3.8) is 0 Å². The first-order valence-corrected chi connectivity index (χ1v) is 9.76. The van der Waals surface area contributed by atoms with Gasteiger partial charge in [0.1, 0.15) is 11.8 Å². The van der Waals surface area contributed by atoms with Gasteiger partial charge >= 0.3 is 0 Å². The van der Waals surface area contributed by atoms with Crippen LogP contribution < -0.4 is 10.1 Å². The molecule has 1 unspecified atom stereocenters. The first kappa shape index (κ1) is 21.8. The van der Waals surface area contributed by atoms with Crippen molar-refractivity contribution in [2.24, 2.45) is 0 Å². The lowest BCUT2D eigenvalue weighted by Crippen LogP contribution is -2.51. The van der Waals surface area contributed by atoms with Gasteiger partial charge in [-0.3, -0.25) is 9.59 Å². The molecular weight excluding hydrogens is 376 g/mol. The highest BCUT2D eigenvalue weighted by atomic mass is 35.5. The molecule has 5 nitrogen and oxygen atoms in total. The number of carbonyl (C=O) groups is 2. The monoisotopic (exact) mass is 402 g/mol. The Labute approximate surface area is 171 Å². The third-order valence-electron chi connectivity index (χ3n) is 4.24. The summed E-state index contributed by atoms with van der Waals surface area (Å²) >= 11 is 5.95. The number of nitrogens with zero attached hydrogens (tertiary/aromatic N) is 1. The molecule has 0 radical (unpaired) electrons. The molecule has 0 bridgehead atoms. The van der Waals surface area contributed by atoms with E-state index in [9.17, 15) is 9.59 Å². The highest BCUT2D eigenvalue weighted by Crippen LogP contribution is 2.17. The summed E-state index contributed by atoms with van der Waals surface area (Å²) in [6.45, 7) is 5.79. The number of ether oxygens (including phenoxy) is 1. The van der Waals surface area contributed by atoms with Crippen molar-refractivity contribution >= 4 is 23.4 Å². The second-order valence-electron chi connectivity index (χ2n) is 6.91. The number of rotatable bonds is 9. The Morgan fingerprint density at radius 2 is 1.79 bits per heavy atom. The Balaban J connectivity index is 2.06. The molecule has 1 atom stereocenters. The van der Waals surface area contributed by atoms with E-state index in [1.807, 2.05) is 44.2 Å². The van der Waals surface area contributed by atoms with E-state index in [1.54, 1.807) is 36.1 Å². The van der Waals surface area contributed by atoms with E-state index in [4.69, 9.17) is 16.3 Å². The van der Waals surface area contributed by atoms with Gasteiger partial charge < -0.3 is 15.0 Å². The van der Waals surface area contributed by atoms with Crippen LogP contribution in [0.15, 0.2) is 54.6 Å². The molecule has 0 fully saturated rings. The second kappa shape index (κ2) is 10.7. The molecule has 0 heterocycles. The Hall–Kier alpha value is -2.53. The summed E-state index contributed by atoms with van der Waals surface area (Å²) in [6, 6.07) is 16.2. The van der Waals surface area contributed by atoms with Crippen molar-refractivity contribution in [3.8, 4) is 5.75 Å². The van der Waals surface area contributed by atoms with Crippen LogP contribution in [0.4, 0.5) is 0 Å². The minimum Gasteiger partial charge on any atom is -0.484 e. The van der Waals surface area contributed by atoms with E-state index in [0.29, 0.717) is 23.7 Å². The third-order valence-corrected chi connectivity index (χ3v) is 4.48. The quantitative estimate of drug-likeness (QED) is 0.695. The smallest absolute Gasteiger partial charge is 0.261 e. The molecule has 6 heteroatoms. The number of carbonyl (C=O) groups excluding carboxylic acids is 2. The van der Waals surface area contributed by atoms with Crippen molar-refractivity contribution in [3.05, 3.63) is 65.2 Å². The zero-order valence-electron chi connectivity index (χ0n) is 16.5. The molecule has 0 aliphatic heterocycles. The molecule has 2 aromatic rings. The molecule has 0 saturated heterocycles. The maximum atomic E-state index is 12.8. The van der Waals surface area contributed by atoms with E-state index in [2.05, 4.69) is 5.32 Å². The van der Waals surface area contributed by atoms with E-state index >= 15 is 0 Å². The van der Waals surface area contributed by atoms with E-state index < -0.39 is 6.04 Å². The third kappa shape index (κ3) is 6.89. The van der Waals surface area contributed by atoms with E-state index in [-0.39, 0.29) is 24.5 Å². The Bertz CT molecular complexity index is 780. The minimum atomic E-state index is -0.596. The summed E-state index contributed by atoms with van der Waals surface area (Å²) in [4.78, 5) is 26.9. The summed E-state index contributed by atoms with van der Waals surface area (Å²) in [5, 5.41) is 3.40. The van der Waals surface area contributed by atoms with Gasteiger partial charge in [-0.25, -0.2) is 0 Å². The zero-order chi connectivity index (χ0) is 20.5. The highest BCUT2D eigenvalue weighted by Gasteiger charge is 2.26. The molecule has 0 spiro atoms. The predicted octanol–water partition coefficient (Wildman–Crippen LogP) is 3.70. The molecule has 2 rings (SSSR count). The topological polar surface area (TPSA) is 58.6 Å². The van der Waals surface area contributed by atoms with E-state index in [1.165, 1.54) is 0 Å². The van der Waals surface area contributed by atoms with E-state index in [0.717, 1.165) is 5.56 Å². The lowest BCUT2D eigenvalue weighted by molar-refractivity contribution is -0.141. The van der Waals surface area contributed by atoms with Crippen LogP contribution in [0, 0.1) is 0 Å². The summed E-state index contributed by atoms with van der Waals surface area (Å²) in [5.41, 5.74) is 1.10. The van der Waals surface area contributed by atoms with Crippen LogP contribution >= 0.6 is 11.6 Å². The normalized spacial score (nSPS) is 11.8. The molecule has 0 saturated carbocycles. The van der Waals surface area contributed by atoms with Crippen molar-refractivity contribution in [1.82, 2.24) is 10.2 Å². The molecule has 0 aliphatic rings. The first-order valence-electron chi connectivity index (χ1n) is 9.39. The Morgan fingerprint density at radius 1 is 1.07 bits per heavy atom. The van der Waals surface area contributed by atoms with Gasteiger partial charge in [0.25, 0.3) is 5.91 Å². The fourth-order valence-corrected chi connectivity index (χ4v) is 2.94. The van der Waals surface area contributed by atoms with Gasteiger partial charge in [0, 0.05) is 17.6 Å². The summed E-state index contributed by atoms with van der Waals surface area (Å²) in [7, 11) is 0. The largest absolute Gasteiger partial charge is 0.484 e. The van der Waals surface area contributed by atoms with Crippen molar-refractivity contribution in [2.45, 2.75) is 39.3 Å². The van der Waals surface area contributed by atoms with Gasteiger partial charge in [0.15, 0.2) is 6.61 Å². The van der Waals surface area contributed by atoms with Gasteiger partial charge in [-0.1, -0.05) is 48.0 Å². The van der Waals surface area contributed by atoms with Crippen LogP contribution in [0.2, 0.25) is 5.02 Å². The maximum absolute atomic E-state index is 12.8. The number of halogens is 1. The molecule has 28 heavy (non-hydrogen) atoms.